The predicted octanol–water partition coefficient (Wildman–Crippen LogP) is -0.0277. The summed E-state index contributed by atoms with van der Waals surface area (Å²) in [6.07, 6.45) is -2.27. The minimum atomic E-state index is -3.99. The maximum absolute atomic E-state index is 11.3. The molecule has 1 unspecified atom stereocenters. The third kappa shape index (κ3) is 7.94. The summed E-state index contributed by atoms with van der Waals surface area (Å²) in [5.74, 6) is -0.0830. The van der Waals surface area contributed by atoms with E-state index in [9.17, 15) is 18.3 Å². The Balaban J connectivity index is 4.17. The van der Waals surface area contributed by atoms with E-state index in [0.717, 1.165) is 0 Å². The first-order valence-corrected chi connectivity index (χ1v) is 6.78. The lowest BCUT2D eigenvalue weighted by atomic mass is 10.1. The largest absolute Gasteiger partial charge is 0.446 e. The Kier molecular flexibility index (Phi) is 6.43. The molecule has 0 radical (unpaired) electrons. The molecule has 7 nitrogen and oxygen atoms in total. The van der Waals surface area contributed by atoms with Crippen molar-refractivity contribution in [3.63, 3.8) is 0 Å². The highest BCUT2D eigenvalue weighted by Crippen LogP contribution is 1.99. The summed E-state index contributed by atoms with van der Waals surface area (Å²) in [5.41, 5.74) is 0. The van der Waals surface area contributed by atoms with E-state index in [2.05, 4.69) is 9.46 Å². The number of amides is 1. The van der Waals surface area contributed by atoms with Crippen LogP contribution in [-0.2, 0) is 14.9 Å². The normalized spacial score (nSPS) is 13.8. The van der Waals surface area contributed by atoms with Crippen LogP contribution in [0.2, 0.25) is 0 Å². The fraction of sp³-hybridized carbons (Fsp3) is 0.889. The van der Waals surface area contributed by atoms with E-state index in [0.29, 0.717) is 0 Å². The molecule has 0 heterocycles. The molecule has 0 spiro atoms. The molecule has 0 aliphatic heterocycles. The van der Waals surface area contributed by atoms with Crippen molar-refractivity contribution < 1.29 is 23.1 Å². The lowest BCUT2D eigenvalue weighted by Crippen LogP contribution is -2.44. The molecule has 0 aromatic rings. The van der Waals surface area contributed by atoms with Crippen LogP contribution in [-0.4, -0.2) is 38.4 Å². The number of ether oxygens (including phenoxy) is 1. The third-order valence-electron chi connectivity index (χ3n) is 1.81. The van der Waals surface area contributed by atoms with Gasteiger partial charge >= 0.3 is 16.3 Å². The predicted molar refractivity (Wildman–Crippen MR) is 62.5 cm³/mol. The maximum atomic E-state index is 11.3. The van der Waals surface area contributed by atoms with Crippen LogP contribution >= 0.6 is 0 Å². The van der Waals surface area contributed by atoms with Gasteiger partial charge in [0, 0.05) is 6.54 Å². The Morgan fingerprint density at radius 3 is 2.24 bits per heavy atom. The van der Waals surface area contributed by atoms with E-state index < -0.39 is 28.5 Å². The number of carbonyl (C=O) groups excluding carboxylic acids is 1. The van der Waals surface area contributed by atoms with Crippen molar-refractivity contribution in [2.45, 2.75) is 39.9 Å². The number of rotatable bonds is 6. The van der Waals surface area contributed by atoms with Crippen LogP contribution in [0.5, 0.6) is 0 Å². The second-order valence-corrected chi connectivity index (χ2v) is 5.72. The molecule has 1 amide bonds. The summed E-state index contributed by atoms with van der Waals surface area (Å²) in [7, 11) is -3.99. The van der Waals surface area contributed by atoms with Crippen molar-refractivity contribution in [3.8, 4) is 0 Å². The number of nitrogens with one attached hydrogen (secondary N) is 2. The van der Waals surface area contributed by atoms with E-state index in [4.69, 9.17) is 0 Å². The van der Waals surface area contributed by atoms with Gasteiger partial charge in [-0.3, -0.25) is 0 Å². The molecule has 8 heteroatoms. The number of hydrogen-bond acceptors (Lipinski definition) is 5. The molecule has 0 saturated heterocycles. The third-order valence-corrected chi connectivity index (χ3v) is 2.79. The van der Waals surface area contributed by atoms with E-state index in [-0.39, 0.29) is 12.5 Å². The van der Waals surface area contributed by atoms with Gasteiger partial charge in [0.15, 0.2) is 0 Å². The first-order chi connectivity index (χ1) is 7.64. The Hall–Kier alpha value is -0.860. The van der Waals surface area contributed by atoms with Crippen LogP contribution in [0.25, 0.3) is 0 Å². The van der Waals surface area contributed by atoms with Gasteiger partial charge in [0.1, 0.15) is 0 Å². The fourth-order valence-corrected chi connectivity index (χ4v) is 1.54. The molecule has 0 saturated carbocycles. The number of hydrogen-bond donors (Lipinski definition) is 3. The molecule has 102 valence electrons. The number of carbonyl (C=O) groups is 1. The van der Waals surface area contributed by atoms with Gasteiger partial charge in [-0.2, -0.15) is 13.1 Å². The first-order valence-electron chi connectivity index (χ1n) is 5.30. The van der Waals surface area contributed by atoms with Gasteiger partial charge in [0.05, 0.1) is 12.2 Å². The quantitative estimate of drug-likeness (QED) is 0.627. The smallest absolute Gasteiger partial charge is 0.422 e. The van der Waals surface area contributed by atoms with Gasteiger partial charge in [0.2, 0.25) is 0 Å². The van der Waals surface area contributed by atoms with Gasteiger partial charge in [-0.25, -0.2) is 9.52 Å². The number of aliphatic hydroxyl groups is 1. The van der Waals surface area contributed by atoms with E-state index in [1.165, 1.54) is 0 Å². The zero-order valence-corrected chi connectivity index (χ0v) is 11.2. The molecular formula is C9H20N2O5S. The average Bonchev–Trinajstić information content (AvgIpc) is 2.11. The molecular weight excluding hydrogens is 248 g/mol. The topological polar surface area (TPSA) is 105 Å². The van der Waals surface area contributed by atoms with Crippen molar-refractivity contribution in [3.05, 3.63) is 0 Å². The van der Waals surface area contributed by atoms with E-state index >= 15 is 0 Å². The van der Waals surface area contributed by atoms with Crippen LogP contribution < -0.4 is 9.44 Å². The molecule has 0 aliphatic carbocycles. The van der Waals surface area contributed by atoms with Crippen LogP contribution in [0.3, 0.4) is 0 Å². The highest BCUT2D eigenvalue weighted by molar-refractivity contribution is 7.88. The highest BCUT2D eigenvalue weighted by atomic mass is 32.2. The Bertz CT molecular complexity index is 339. The van der Waals surface area contributed by atoms with Gasteiger partial charge in [-0.05, 0) is 19.8 Å². The van der Waals surface area contributed by atoms with Crippen LogP contribution in [0.15, 0.2) is 0 Å². The van der Waals surface area contributed by atoms with Crippen molar-refractivity contribution >= 4 is 16.3 Å². The highest BCUT2D eigenvalue weighted by Gasteiger charge is 2.18. The summed E-state index contributed by atoms with van der Waals surface area (Å²) in [6, 6.07) is 0. The van der Waals surface area contributed by atoms with Gasteiger partial charge < -0.3 is 9.84 Å². The summed E-state index contributed by atoms with van der Waals surface area (Å²) in [5, 5.41) is 9.40. The van der Waals surface area contributed by atoms with Gasteiger partial charge in [0.25, 0.3) is 0 Å². The first kappa shape index (κ1) is 16.1. The molecule has 0 aliphatic rings. The summed E-state index contributed by atoms with van der Waals surface area (Å²) >= 11 is 0. The van der Waals surface area contributed by atoms with E-state index in [1.54, 1.807) is 32.4 Å². The van der Waals surface area contributed by atoms with E-state index in [1.807, 2.05) is 0 Å². The van der Waals surface area contributed by atoms with Crippen LogP contribution in [0.4, 0.5) is 4.79 Å². The lowest BCUT2D eigenvalue weighted by molar-refractivity contribution is 0.120. The fourth-order valence-electron chi connectivity index (χ4n) is 0.815. The van der Waals surface area contributed by atoms with Crippen LogP contribution in [0, 0.1) is 5.92 Å². The standard InChI is InChI=1S/C9H20N2O5S/c1-6(2)8(12)5-10-17(14,15)11-9(13)16-7(3)4/h6-8,10,12H,5H2,1-4H3,(H,11,13). The molecule has 0 bridgehead atoms. The van der Waals surface area contributed by atoms with Crippen molar-refractivity contribution in [1.29, 1.82) is 0 Å². The lowest BCUT2D eigenvalue weighted by Gasteiger charge is -2.15. The van der Waals surface area contributed by atoms with Crippen molar-refractivity contribution in [2.24, 2.45) is 5.92 Å². The van der Waals surface area contributed by atoms with Crippen LogP contribution in [0.1, 0.15) is 27.7 Å². The Morgan fingerprint density at radius 1 is 1.29 bits per heavy atom. The van der Waals surface area contributed by atoms with Crippen molar-refractivity contribution in [1.82, 2.24) is 9.44 Å². The van der Waals surface area contributed by atoms with Gasteiger partial charge in [-0.1, -0.05) is 13.8 Å². The second-order valence-electron chi connectivity index (χ2n) is 4.22. The molecule has 3 N–H and O–H groups in total. The summed E-state index contributed by atoms with van der Waals surface area (Å²) in [6.45, 7) is 6.53. The Morgan fingerprint density at radius 2 is 1.82 bits per heavy atom. The second kappa shape index (κ2) is 6.77. The molecule has 0 fully saturated rings. The zero-order valence-electron chi connectivity index (χ0n) is 10.4. The summed E-state index contributed by atoms with van der Waals surface area (Å²) in [4.78, 5) is 11.0. The minimum Gasteiger partial charge on any atom is -0.446 e. The van der Waals surface area contributed by atoms with Crippen molar-refractivity contribution in [2.75, 3.05) is 6.54 Å². The monoisotopic (exact) mass is 268 g/mol. The minimum absolute atomic E-state index is 0.0830. The molecule has 1 atom stereocenters. The maximum Gasteiger partial charge on any atom is 0.422 e. The summed E-state index contributed by atoms with van der Waals surface area (Å²) < 4.78 is 31.0. The van der Waals surface area contributed by atoms with Gasteiger partial charge in [-0.15, -0.1) is 0 Å². The zero-order chi connectivity index (χ0) is 13.6. The molecule has 0 rings (SSSR count). The number of aliphatic hydroxyl groups excluding tert-OH is 1. The molecule has 17 heavy (non-hydrogen) atoms. The average molecular weight is 268 g/mol. The molecule has 0 aromatic carbocycles. The Labute approximate surface area is 102 Å². The molecule has 0 aromatic heterocycles. The SMILES string of the molecule is CC(C)OC(=O)NS(=O)(=O)NCC(O)C(C)C.